The van der Waals surface area contributed by atoms with E-state index in [1.807, 2.05) is 18.3 Å². The third-order valence-electron chi connectivity index (χ3n) is 5.21. The van der Waals surface area contributed by atoms with Gasteiger partial charge in [0, 0.05) is 29.9 Å². The molecule has 0 N–H and O–H groups in total. The van der Waals surface area contributed by atoms with Gasteiger partial charge >= 0.3 is 0 Å². The van der Waals surface area contributed by atoms with Crippen LogP contribution in [-0.4, -0.2) is 28.7 Å². The second-order valence-electron chi connectivity index (χ2n) is 8.42. The highest BCUT2D eigenvalue weighted by molar-refractivity contribution is 6.30. The van der Waals surface area contributed by atoms with E-state index in [0.29, 0.717) is 0 Å². The van der Waals surface area contributed by atoms with Crippen LogP contribution in [-0.2, 0) is 17.7 Å². The van der Waals surface area contributed by atoms with Crippen LogP contribution in [0.4, 0.5) is 0 Å². The minimum atomic E-state index is -0.148. The minimum absolute atomic E-state index is 0.148. The number of halogens is 1. The molecule has 0 amide bonds. The number of benzene rings is 1. The third kappa shape index (κ3) is 4.11. The maximum absolute atomic E-state index is 6.30. The lowest BCUT2D eigenvalue weighted by Crippen LogP contribution is -2.38. The smallest absolute Gasteiger partial charge is 0.0815 e. The van der Waals surface area contributed by atoms with Crippen molar-refractivity contribution in [2.24, 2.45) is 0 Å². The fourth-order valence-corrected chi connectivity index (χ4v) is 4.31. The van der Waals surface area contributed by atoms with E-state index < -0.39 is 0 Å². The zero-order valence-electron chi connectivity index (χ0n) is 16.4. The Hall–Kier alpha value is -1.68. The number of hydroxylamine groups is 2. The fraction of sp³-hybridized carbons (Fsp3) is 0.435. The summed E-state index contributed by atoms with van der Waals surface area (Å²) in [5.41, 5.74) is 7.78. The lowest BCUT2D eigenvalue weighted by atomic mass is 9.89. The van der Waals surface area contributed by atoms with Gasteiger partial charge in [0.25, 0.3) is 0 Å². The Morgan fingerprint density at radius 3 is 2.48 bits per heavy atom. The number of aryl methyl sites for hydroxylation is 2. The van der Waals surface area contributed by atoms with Gasteiger partial charge in [-0.05, 0) is 81.3 Å². The largest absolute Gasteiger partial charge is 0.293 e. The number of pyridine rings is 1. The highest BCUT2D eigenvalue weighted by Crippen LogP contribution is 2.38. The van der Waals surface area contributed by atoms with Crippen LogP contribution < -0.4 is 0 Å². The Morgan fingerprint density at radius 1 is 1.00 bits per heavy atom. The molecule has 142 valence electrons. The first-order valence-corrected chi connectivity index (χ1v) is 10.2. The van der Waals surface area contributed by atoms with Crippen LogP contribution in [0.2, 0.25) is 5.02 Å². The summed E-state index contributed by atoms with van der Waals surface area (Å²) in [4.78, 5) is 10.9. The summed E-state index contributed by atoms with van der Waals surface area (Å²) in [6, 6.07) is 10.6. The molecule has 3 nitrogen and oxygen atoms in total. The maximum Gasteiger partial charge on any atom is 0.0815 e. The Balaban J connectivity index is 1.75. The lowest BCUT2D eigenvalue weighted by Gasteiger charge is -2.34. The van der Waals surface area contributed by atoms with Gasteiger partial charge in [-0.2, -0.15) is 5.06 Å². The summed E-state index contributed by atoms with van der Waals surface area (Å²) in [5, 5.41) is 2.92. The molecule has 0 radical (unpaired) electrons. The number of hydrogen-bond donors (Lipinski definition) is 0. The lowest BCUT2D eigenvalue weighted by molar-refractivity contribution is -0.231. The average molecular weight is 383 g/mol. The van der Waals surface area contributed by atoms with Crippen molar-refractivity contribution >= 4 is 17.2 Å². The Kier molecular flexibility index (Phi) is 5.11. The average Bonchev–Trinajstić information content (AvgIpc) is 2.78. The normalized spacial score (nSPS) is 18.1. The van der Waals surface area contributed by atoms with Crippen molar-refractivity contribution in [3.05, 3.63) is 69.5 Å². The number of hydrogen-bond acceptors (Lipinski definition) is 3. The molecule has 0 atom stereocenters. The van der Waals surface area contributed by atoms with Crippen molar-refractivity contribution in [1.29, 1.82) is 0 Å². The Bertz CT molecular complexity index is 872. The van der Waals surface area contributed by atoms with E-state index in [0.717, 1.165) is 49.5 Å². The second-order valence-corrected chi connectivity index (χ2v) is 8.86. The minimum Gasteiger partial charge on any atom is -0.293 e. The number of aromatic nitrogens is 1. The van der Waals surface area contributed by atoms with Gasteiger partial charge in [-0.3, -0.25) is 9.82 Å². The van der Waals surface area contributed by atoms with Gasteiger partial charge in [0.05, 0.1) is 11.3 Å². The molecule has 1 aromatic heterocycles. The van der Waals surface area contributed by atoms with Crippen molar-refractivity contribution in [3.8, 4) is 0 Å². The zero-order valence-corrected chi connectivity index (χ0v) is 17.1. The number of nitrogens with zero attached hydrogens (tertiary/aromatic N) is 2. The summed E-state index contributed by atoms with van der Waals surface area (Å²) in [5.74, 6) is 0. The summed E-state index contributed by atoms with van der Waals surface area (Å²) >= 11 is 6.30. The highest BCUT2D eigenvalue weighted by atomic mass is 35.5. The Labute approximate surface area is 167 Å². The fourth-order valence-electron chi connectivity index (χ4n) is 4.12. The van der Waals surface area contributed by atoms with Gasteiger partial charge in [0.1, 0.15) is 0 Å². The predicted octanol–water partition coefficient (Wildman–Crippen LogP) is 5.46. The zero-order chi connectivity index (χ0) is 19.0. The van der Waals surface area contributed by atoms with E-state index in [2.05, 4.69) is 44.0 Å². The van der Waals surface area contributed by atoms with E-state index in [-0.39, 0.29) is 5.60 Å². The third-order valence-corrected chi connectivity index (χ3v) is 5.45. The van der Waals surface area contributed by atoms with Crippen molar-refractivity contribution in [2.45, 2.75) is 52.1 Å². The van der Waals surface area contributed by atoms with Gasteiger partial charge in [-0.1, -0.05) is 29.3 Å². The molecule has 1 aromatic carbocycles. The molecule has 1 aliphatic carbocycles. The molecular formula is C23H27ClN2O. The van der Waals surface area contributed by atoms with Crippen LogP contribution in [0, 0.1) is 0 Å². The van der Waals surface area contributed by atoms with Crippen molar-refractivity contribution in [1.82, 2.24) is 10.0 Å². The first kappa shape index (κ1) is 18.7. The van der Waals surface area contributed by atoms with Gasteiger partial charge in [0.2, 0.25) is 0 Å². The molecule has 1 aliphatic heterocycles. The van der Waals surface area contributed by atoms with Crippen LogP contribution in [0.3, 0.4) is 0 Å². The van der Waals surface area contributed by atoms with Crippen LogP contribution >= 0.6 is 11.6 Å². The second kappa shape index (κ2) is 7.38. The van der Waals surface area contributed by atoms with Crippen molar-refractivity contribution in [2.75, 3.05) is 13.1 Å². The van der Waals surface area contributed by atoms with Crippen molar-refractivity contribution < 1.29 is 4.84 Å². The number of piperidine rings is 1. The molecule has 1 saturated heterocycles. The first-order chi connectivity index (χ1) is 12.9. The molecule has 4 heteroatoms. The summed E-state index contributed by atoms with van der Waals surface area (Å²) < 4.78 is 0. The van der Waals surface area contributed by atoms with Gasteiger partial charge < -0.3 is 0 Å². The SMILES string of the molecule is CC(C)(C)ON1CCC(=C2c3ccc(Cl)cc3CCc3cccnc32)CC1. The van der Waals surface area contributed by atoms with E-state index in [4.69, 9.17) is 21.4 Å². The molecule has 2 aliphatic rings. The van der Waals surface area contributed by atoms with Crippen LogP contribution in [0.5, 0.6) is 0 Å². The van der Waals surface area contributed by atoms with Gasteiger partial charge in [-0.25, -0.2) is 0 Å². The van der Waals surface area contributed by atoms with Crippen molar-refractivity contribution in [3.63, 3.8) is 0 Å². The van der Waals surface area contributed by atoms with E-state index in [1.165, 1.54) is 27.8 Å². The molecule has 4 rings (SSSR count). The molecule has 1 fully saturated rings. The van der Waals surface area contributed by atoms with Gasteiger partial charge in [-0.15, -0.1) is 0 Å². The topological polar surface area (TPSA) is 25.4 Å². The quantitative estimate of drug-likeness (QED) is 0.654. The molecular weight excluding hydrogens is 356 g/mol. The Morgan fingerprint density at radius 2 is 1.74 bits per heavy atom. The first-order valence-electron chi connectivity index (χ1n) is 9.80. The standard InChI is InChI=1S/C23H27ClN2O/c1-23(2,3)27-26-13-10-16(11-14-26)21-20-9-8-19(24)15-18(20)7-6-17-5-4-12-25-22(17)21/h4-5,8-9,12,15H,6-7,10-11,13-14H2,1-3H3. The summed E-state index contributed by atoms with van der Waals surface area (Å²) in [6.07, 6.45) is 5.93. The number of rotatable bonds is 1. The predicted molar refractivity (Wildman–Crippen MR) is 111 cm³/mol. The number of fused-ring (bicyclic) bond motifs is 2. The van der Waals surface area contributed by atoms with E-state index in [1.54, 1.807) is 0 Å². The van der Waals surface area contributed by atoms with Gasteiger partial charge in [0.15, 0.2) is 0 Å². The monoisotopic (exact) mass is 382 g/mol. The van der Waals surface area contributed by atoms with E-state index in [9.17, 15) is 0 Å². The van der Waals surface area contributed by atoms with Crippen LogP contribution in [0.15, 0.2) is 42.1 Å². The highest BCUT2D eigenvalue weighted by Gasteiger charge is 2.26. The van der Waals surface area contributed by atoms with E-state index >= 15 is 0 Å². The van der Waals surface area contributed by atoms with Crippen LogP contribution in [0.25, 0.3) is 5.57 Å². The molecule has 0 spiro atoms. The van der Waals surface area contributed by atoms with Crippen LogP contribution in [0.1, 0.15) is 56.0 Å². The summed E-state index contributed by atoms with van der Waals surface area (Å²) in [6.45, 7) is 8.15. The summed E-state index contributed by atoms with van der Waals surface area (Å²) in [7, 11) is 0. The molecule has 2 heterocycles. The molecule has 0 bridgehead atoms. The molecule has 2 aromatic rings. The molecule has 27 heavy (non-hydrogen) atoms. The molecule has 0 saturated carbocycles. The molecule has 0 unspecified atom stereocenters. The maximum atomic E-state index is 6.30.